The molecule has 5 heteroatoms. The molecule has 1 amide bonds. The summed E-state index contributed by atoms with van der Waals surface area (Å²) in [5, 5.41) is 3.04. The zero-order valence-corrected chi connectivity index (χ0v) is 16.8. The zero-order chi connectivity index (χ0) is 19.1. The normalized spacial score (nSPS) is 21.8. The van der Waals surface area contributed by atoms with Crippen molar-refractivity contribution in [2.45, 2.75) is 57.9 Å². The van der Waals surface area contributed by atoms with Crippen molar-refractivity contribution in [1.82, 2.24) is 4.90 Å². The number of piperidine rings is 1. The highest BCUT2D eigenvalue weighted by atomic mass is 16.5. The third-order valence-corrected chi connectivity index (χ3v) is 5.91. The summed E-state index contributed by atoms with van der Waals surface area (Å²) in [4.78, 5) is 14.8. The van der Waals surface area contributed by atoms with Gasteiger partial charge in [0.05, 0.1) is 6.61 Å². The van der Waals surface area contributed by atoms with Gasteiger partial charge >= 0.3 is 0 Å². The van der Waals surface area contributed by atoms with Gasteiger partial charge < -0.3 is 19.7 Å². The van der Waals surface area contributed by atoms with E-state index in [1.165, 1.54) is 19.3 Å². The molecule has 0 aliphatic carbocycles. The first-order chi connectivity index (χ1) is 13.1. The molecule has 1 unspecified atom stereocenters. The Morgan fingerprint density at radius 1 is 1.26 bits per heavy atom. The number of likely N-dealkylation sites (tertiary alicyclic amines) is 1. The Bertz CT molecular complexity index is 614. The first kappa shape index (κ1) is 20.2. The molecule has 1 aromatic carbocycles. The van der Waals surface area contributed by atoms with Crippen LogP contribution in [0.4, 0.5) is 5.69 Å². The van der Waals surface area contributed by atoms with Crippen LogP contribution in [0.25, 0.3) is 0 Å². The van der Waals surface area contributed by atoms with Crippen molar-refractivity contribution in [2.24, 2.45) is 5.92 Å². The summed E-state index contributed by atoms with van der Waals surface area (Å²) in [6, 6.07) is 6.48. The van der Waals surface area contributed by atoms with Crippen LogP contribution in [0.15, 0.2) is 18.2 Å². The maximum absolute atomic E-state index is 12.4. The smallest absolute Gasteiger partial charge is 0.224 e. The molecule has 150 valence electrons. The minimum absolute atomic E-state index is 0.0909. The number of carbonyl (C=O) groups excluding carboxylic acids is 1. The number of benzene rings is 1. The number of ether oxygens (including phenoxy) is 2. The van der Waals surface area contributed by atoms with E-state index in [1.807, 2.05) is 25.1 Å². The van der Waals surface area contributed by atoms with E-state index in [9.17, 15) is 4.79 Å². The molecule has 0 aromatic heterocycles. The molecule has 2 aliphatic heterocycles. The predicted octanol–water partition coefficient (Wildman–Crippen LogP) is 4.00. The molecule has 0 radical (unpaired) electrons. The Kier molecular flexibility index (Phi) is 7.53. The maximum Gasteiger partial charge on any atom is 0.224 e. The SMILES string of the molecule is Cc1ccc(NC(=O)CCC2CCCCN2C)cc1OCC1CCOCC1. The van der Waals surface area contributed by atoms with Gasteiger partial charge in [0.1, 0.15) is 5.75 Å². The largest absolute Gasteiger partial charge is 0.493 e. The van der Waals surface area contributed by atoms with Gasteiger partial charge in [-0.15, -0.1) is 0 Å². The summed E-state index contributed by atoms with van der Waals surface area (Å²) in [6.45, 7) is 5.58. The number of carbonyl (C=O) groups is 1. The van der Waals surface area contributed by atoms with Crippen LogP contribution in [0, 0.1) is 12.8 Å². The van der Waals surface area contributed by atoms with Gasteiger partial charge in [0.15, 0.2) is 0 Å². The summed E-state index contributed by atoms with van der Waals surface area (Å²) in [7, 11) is 2.17. The molecule has 1 aromatic rings. The molecule has 0 saturated carbocycles. The zero-order valence-electron chi connectivity index (χ0n) is 16.8. The lowest BCUT2D eigenvalue weighted by molar-refractivity contribution is -0.116. The van der Waals surface area contributed by atoms with Crippen LogP contribution in [0.5, 0.6) is 5.75 Å². The lowest BCUT2D eigenvalue weighted by Gasteiger charge is -2.32. The second kappa shape index (κ2) is 10.1. The molecule has 5 nitrogen and oxygen atoms in total. The Hall–Kier alpha value is -1.59. The topological polar surface area (TPSA) is 50.8 Å². The fraction of sp³-hybridized carbons (Fsp3) is 0.682. The van der Waals surface area contributed by atoms with Gasteiger partial charge in [-0.2, -0.15) is 0 Å². The van der Waals surface area contributed by atoms with E-state index >= 15 is 0 Å². The van der Waals surface area contributed by atoms with Crippen LogP contribution in [0.2, 0.25) is 0 Å². The standard InChI is InChI=1S/C22H34N2O3/c1-17-6-7-19(15-21(17)27-16-18-10-13-26-14-11-18)23-22(25)9-8-20-5-3-4-12-24(20)2/h6-7,15,18,20H,3-5,8-14,16H2,1-2H3,(H,23,25). The highest BCUT2D eigenvalue weighted by molar-refractivity contribution is 5.91. The summed E-state index contributed by atoms with van der Waals surface area (Å²) < 4.78 is 11.5. The predicted molar refractivity (Wildman–Crippen MR) is 108 cm³/mol. The fourth-order valence-electron chi connectivity index (χ4n) is 3.98. The highest BCUT2D eigenvalue weighted by Gasteiger charge is 2.20. The molecule has 1 N–H and O–H groups in total. The molecular weight excluding hydrogens is 340 g/mol. The van der Waals surface area contributed by atoms with Gasteiger partial charge in [-0.05, 0) is 70.2 Å². The maximum atomic E-state index is 12.4. The van der Waals surface area contributed by atoms with Gasteiger partial charge in [-0.3, -0.25) is 4.79 Å². The van der Waals surface area contributed by atoms with Crippen molar-refractivity contribution < 1.29 is 14.3 Å². The van der Waals surface area contributed by atoms with Crippen molar-refractivity contribution in [3.8, 4) is 5.75 Å². The number of aryl methyl sites for hydroxylation is 1. The van der Waals surface area contributed by atoms with Crippen molar-refractivity contribution in [2.75, 3.05) is 38.7 Å². The van der Waals surface area contributed by atoms with E-state index in [-0.39, 0.29) is 5.91 Å². The first-order valence-electron chi connectivity index (χ1n) is 10.4. The lowest BCUT2D eigenvalue weighted by Crippen LogP contribution is -2.36. The minimum atomic E-state index is 0.0909. The van der Waals surface area contributed by atoms with Crippen molar-refractivity contribution in [3.63, 3.8) is 0 Å². The first-order valence-corrected chi connectivity index (χ1v) is 10.4. The summed E-state index contributed by atoms with van der Waals surface area (Å²) in [5.41, 5.74) is 1.92. The highest BCUT2D eigenvalue weighted by Crippen LogP contribution is 2.25. The number of amides is 1. The second-order valence-electron chi connectivity index (χ2n) is 8.06. The Balaban J connectivity index is 1.48. The summed E-state index contributed by atoms with van der Waals surface area (Å²) >= 11 is 0. The Labute approximate surface area is 163 Å². The number of hydrogen-bond acceptors (Lipinski definition) is 4. The van der Waals surface area contributed by atoms with Crippen LogP contribution >= 0.6 is 0 Å². The monoisotopic (exact) mass is 374 g/mol. The third kappa shape index (κ3) is 6.22. The van der Waals surface area contributed by atoms with Gasteiger partial charge in [-0.1, -0.05) is 12.5 Å². The molecule has 2 fully saturated rings. The van der Waals surface area contributed by atoms with E-state index in [0.717, 1.165) is 62.6 Å². The molecule has 2 aliphatic rings. The summed E-state index contributed by atoms with van der Waals surface area (Å²) in [5.74, 6) is 1.52. The van der Waals surface area contributed by atoms with Crippen LogP contribution < -0.4 is 10.1 Å². The quantitative estimate of drug-likeness (QED) is 0.784. The molecular formula is C22H34N2O3. The third-order valence-electron chi connectivity index (χ3n) is 5.91. The molecule has 0 spiro atoms. The molecule has 2 heterocycles. The van der Waals surface area contributed by atoms with Crippen LogP contribution in [-0.4, -0.2) is 50.3 Å². The average Bonchev–Trinajstić information content (AvgIpc) is 2.68. The fourth-order valence-corrected chi connectivity index (χ4v) is 3.98. The lowest BCUT2D eigenvalue weighted by atomic mass is 9.98. The number of anilines is 1. The van der Waals surface area contributed by atoms with Crippen molar-refractivity contribution in [1.29, 1.82) is 0 Å². The Morgan fingerprint density at radius 2 is 2.07 bits per heavy atom. The van der Waals surface area contributed by atoms with E-state index in [2.05, 4.69) is 17.3 Å². The number of hydrogen-bond donors (Lipinski definition) is 1. The van der Waals surface area contributed by atoms with Crippen molar-refractivity contribution in [3.05, 3.63) is 23.8 Å². The Morgan fingerprint density at radius 3 is 2.85 bits per heavy atom. The molecule has 1 atom stereocenters. The van der Waals surface area contributed by atoms with Gasteiger partial charge in [0.2, 0.25) is 5.91 Å². The second-order valence-corrected chi connectivity index (χ2v) is 8.06. The van der Waals surface area contributed by atoms with E-state index in [1.54, 1.807) is 0 Å². The van der Waals surface area contributed by atoms with E-state index < -0.39 is 0 Å². The van der Waals surface area contributed by atoms with Crippen molar-refractivity contribution >= 4 is 11.6 Å². The summed E-state index contributed by atoms with van der Waals surface area (Å²) in [6.07, 6.45) is 7.39. The van der Waals surface area contributed by atoms with E-state index in [4.69, 9.17) is 9.47 Å². The molecule has 27 heavy (non-hydrogen) atoms. The molecule has 3 rings (SSSR count). The average molecular weight is 375 g/mol. The molecule has 2 saturated heterocycles. The number of rotatable bonds is 7. The molecule has 0 bridgehead atoms. The minimum Gasteiger partial charge on any atom is -0.493 e. The number of nitrogens with one attached hydrogen (secondary N) is 1. The van der Waals surface area contributed by atoms with Crippen LogP contribution in [0.1, 0.15) is 50.5 Å². The van der Waals surface area contributed by atoms with Gasteiger partial charge in [0, 0.05) is 37.4 Å². The van der Waals surface area contributed by atoms with Crippen LogP contribution in [0.3, 0.4) is 0 Å². The van der Waals surface area contributed by atoms with Crippen LogP contribution in [-0.2, 0) is 9.53 Å². The van der Waals surface area contributed by atoms with Gasteiger partial charge in [0.25, 0.3) is 0 Å². The van der Waals surface area contributed by atoms with Gasteiger partial charge in [-0.25, -0.2) is 0 Å². The van der Waals surface area contributed by atoms with E-state index in [0.29, 0.717) is 18.4 Å². The number of nitrogens with zero attached hydrogens (tertiary/aromatic N) is 1.